The molecule has 3 atom stereocenters. The molecule has 1 aromatic carbocycles. The summed E-state index contributed by atoms with van der Waals surface area (Å²) >= 11 is 0. The molecule has 2 rings (SSSR count). The van der Waals surface area contributed by atoms with E-state index in [0.717, 1.165) is 6.42 Å². The van der Waals surface area contributed by atoms with Gasteiger partial charge in [0.15, 0.2) is 0 Å². The van der Waals surface area contributed by atoms with Crippen LogP contribution in [0.1, 0.15) is 16.8 Å². The molecule has 1 saturated heterocycles. The van der Waals surface area contributed by atoms with E-state index in [-0.39, 0.29) is 30.5 Å². The second-order valence-electron chi connectivity index (χ2n) is 4.93. The van der Waals surface area contributed by atoms with Crippen molar-refractivity contribution in [2.75, 3.05) is 19.8 Å². The van der Waals surface area contributed by atoms with Gasteiger partial charge in [0.1, 0.15) is 0 Å². The van der Waals surface area contributed by atoms with Crippen molar-refractivity contribution in [2.24, 2.45) is 11.8 Å². The number of carbonyl (C=O) groups excluding carboxylic acids is 1. The summed E-state index contributed by atoms with van der Waals surface area (Å²) < 4.78 is 11.0. The molecular weight excluding hydrogens is 256 g/mol. The van der Waals surface area contributed by atoms with Crippen molar-refractivity contribution < 1.29 is 19.4 Å². The highest BCUT2D eigenvalue weighted by atomic mass is 16.5. The Morgan fingerprint density at radius 1 is 1.50 bits per heavy atom. The lowest BCUT2D eigenvalue weighted by atomic mass is 9.92. The van der Waals surface area contributed by atoms with Crippen LogP contribution < -0.4 is 0 Å². The molecule has 4 nitrogen and oxygen atoms in total. The number of ether oxygens (including phenoxy) is 2. The number of benzene rings is 1. The highest BCUT2D eigenvalue weighted by Crippen LogP contribution is 2.28. The number of aliphatic hydroxyl groups is 1. The Labute approximate surface area is 119 Å². The van der Waals surface area contributed by atoms with Gasteiger partial charge in [0.25, 0.3) is 0 Å². The zero-order valence-corrected chi connectivity index (χ0v) is 11.4. The minimum Gasteiger partial charge on any atom is -0.462 e. The largest absolute Gasteiger partial charge is 0.462 e. The quantitative estimate of drug-likeness (QED) is 0.638. The molecule has 1 aliphatic heterocycles. The van der Waals surface area contributed by atoms with Crippen LogP contribution in [0.4, 0.5) is 0 Å². The Balaban J connectivity index is 1.90. The first-order valence-corrected chi connectivity index (χ1v) is 6.83. The Kier molecular flexibility index (Phi) is 5.32. The lowest BCUT2D eigenvalue weighted by Gasteiger charge is -2.23. The van der Waals surface area contributed by atoms with Crippen LogP contribution in [-0.4, -0.2) is 37.0 Å². The maximum Gasteiger partial charge on any atom is 0.338 e. The van der Waals surface area contributed by atoms with Crippen LogP contribution in [0.15, 0.2) is 43.0 Å². The highest BCUT2D eigenvalue weighted by Gasteiger charge is 2.34. The summed E-state index contributed by atoms with van der Waals surface area (Å²) in [5, 5.41) is 9.30. The number of carbonyl (C=O) groups is 1. The Morgan fingerprint density at radius 3 is 2.90 bits per heavy atom. The molecule has 0 amide bonds. The predicted octanol–water partition coefficient (Wildman–Crippen LogP) is 2.04. The summed E-state index contributed by atoms with van der Waals surface area (Å²) in [6.45, 7) is 4.64. The van der Waals surface area contributed by atoms with Crippen LogP contribution in [0.5, 0.6) is 0 Å². The van der Waals surface area contributed by atoms with Crippen LogP contribution in [0.3, 0.4) is 0 Å². The lowest BCUT2D eigenvalue weighted by molar-refractivity contribution is 0.00951. The number of hydrogen-bond acceptors (Lipinski definition) is 4. The van der Waals surface area contributed by atoms with E-state index in [2.05, 4.69) is 6.58 Å². The van der Waals surface area contributed by atoms with Crippen molar-refractivity contribution in [1.82, 2.24) is 0 Å². The van der Waals surface area contributed by atoms with Crippen molar-refractivity contribution >= 4 is 5.97 Å². The topological polar surface area (TPSA) is 55.8 Å². The monoisotopic (exact) mass is 276 g/mol. The van der Waals surface area contributed by atoms with Gasteiger partial charge in [-0.2, -0.15) is 0 Å². The van der Waals surface area contributed by atoms with E-state index in [0.29, 0.717) is 18.8 Å². The van der Waals surface area contributed by atoms with Crippen molar-refractivity contribution in [3.05, 3.63) is 48.6 Å². The Bertz CT molecular complexity index is 443. The maximum atomic E-state index is 11.9. The molecule has 20 heavy (non-hydrogen) atoms. The SMILES string of the molecule is C=CC(CO)[C@@H]1OCC[C@H]1COC(=O)c1ccccc1. The molecule has 0 aliphatic carbocycles. The van der Waals surface area contributed by atoms with Crippen LogP contribution in [0, 0.1) is 11.8 Å². The van der Waals surface area contributed by atoms with Gasteiger partial charge in [-0.05, 0) is 18.6 Å². The van der Waals surface area contributed by atoms with Crippen molar-refractivity contribution in [2.45, 2.75) is 12.5 Å². The lowest BCUT2D eigenvalue weighted by Crippen LogP contribution is -2.31. The standard InChI is InChI=1S/C16H20O4/c1-2-12(10-17)15-14(8-9-19-15)11-20-16(18)13-6-4-3-5-7-13/h2-7,12,14-15,17H,1,8-11H2/t12?,14-,15-/m0/s1. The molecule has 4 heteroatoms. The molecule has 0 spiro atoms. The molecule has 0 bridgehead atoms. The third-order valence-corrected chi connectivity index (χ3v) is 3.64. The second-order valence-corrected chi connectivity index (χ2v) is 4.93. The molecule has 1 aliphatic rings. The third kappa shape index (κ3) is 3.46. The van der Waals surface area contributed by atoms with Crippen LogP contribution >= 0.6 is 0 Å². The zero-order chi connectivity index (χ0) is 14.4. The van der Waals surface area contributed by atoms with Crippen LogP contribution in [-0.2, 0) is 9.47 Å². The number of esters is 1. The Morgan fingerprint density at radius 2 is 2.25 bits per heavy atom. The van der Waals surface area contributed by atoms with Crippen molar-refractivity contribution in [3.8, 4) is 0 Å². The average molecular weight is 276 g/mol. The average Bonchev–Trinajstić information content (AvgIpc) is 2.95. The smallest absolute Gasteiger partial charge is 0.338 e. The molecule has 1 fully saturated rings. The first kappa shape index (κ1) is 14.8. The van der Waals surface area contributed by atoms with Gasteiger partial charge in [-0.15, -0.1) is 6.58 Å². The molecule has 0 radical (unpaired) electrons. The van der Waals surface area contributed by atoms with Gasteiger partial charge < -0.3 is 14.6 Å². The van der Waals surface area contributed by atoms with Gasteiger partial charge in [-0.3, -0.25) is 0 Å². The second kappa shape index (κ2) is 7.22. The normalized spacial score (nSPS) is 23.2. The minimum absolute atomic E-state index is 0.00268. The fourth-order valence-electron chi connectivity index (χ4n) is 2.46. The van der Waals surface area contributed by atoms with Crippen molar-refractivity contribution in [3.63, 3.8) is 0 Å². The third-order valence-electron chi connectivity index (χ3n) is 3.64. The summed E-state index contributed by atoms with van der Waals surface area (Å²) in [7, 11) is 0. The van der Waals surface area contributed by atoms with E-state index in [1.807, 2.05) is 6.07 Å². The van der Waals surface area contributed by atoms with E-state index in [1.54, 1.807) is 30.3 Å². The first-order valence-electron chi connectivity index (χ1n) is 6.83. The fraction of sp³-hybridized carbons (Fsp3) is 0.438. The summed E-state index contributed by atoms with van der Waals surface area (Å²) in [5.41, 5.74) is 0.547. The van der Waals surface area contributed by atoms with Gasteiger partial charge in [0.2, 0.25) is 0 Å². The summed E-state index contributed by atoms with van der Waals surface area (Å²) in [6.07, 6.45) is 2.40. The summed E-state index contributed by atoms with van der Waals surface area (Å²) in [4.78, 5) is 11.9. The molecule has 1 unspecified atom stereocenters. The summed E-state index contributed by atoms with van der Waals surface area (Å²) in [5.74, 6) is -0.328. The maximum absolute atomic E-state index is 11.9. The molecule has 108 valence electrons. The predicted molar refractivity (Wildman–Crippen MR) is 75.3 cm³/mol. The zero-order valence-electron chi connectivity index (χ0n) is 11.4. The van der Waals surface area contributed by atoms with Gasteiger partial charge in [-0.25, -0.2) is 4.79 Å². The number of rotatable bonds is 6. The Hall–Kier alpha value is -1.65. The fourth-order valence-corrected chi connectivity index (χ4v) is 2.46. The van der Waals surface area contributed by atoms with E-state index < -0.39 is 0 Å². The minimum atomic E-state index is -0.324. The van der Waals surface area contributed by atoms with Crippen LogP contribution in [0.25, 0.3) is 0 Å². The molecule has 0 aromatic heterocycles. The van der Waals surface area contributed by atoms with Gasteiger partial charge in [0, 0.05) is 18.4 Å². The van der Waals surface area contributed by atoms with Gasteiger partial charge >= 0.3 is 5.97 Å². The van der Waals surface area contributed by atoms with E-state index >= 15 is 0 Å². The van der Waals surface area contributed by atoms with Gasteiger partial charge in [-0.1, -0.05) is 24.3 Å². The molecule has 0 saturated carbocycles. The number of aliphatic hydroxyl groups excluding tert-OH is 1. The van der Waals surface area contributed by atoms with E-state index in [9.17, 15) is 9.90 Å². The molecule has 1 N–H and O–H groups in total. The summed E-state index contributed by atoms with van der Waals surface area (Å²) in [6, 6.07) is 8.92. The van der Waals surface area contributed by atoms with E-state index in [1.165, 1.54) is 0 Å². The molecule has 1 aromatic rings. The number of hydrogen-bond donors (Lipinski definition) is 1. The first-order chi connectivity index (χ1) is 9.76. The van der Waals surface area contributed by atoms with Gasteiger partial charge in [0.05, 0.1) is 24.9 Å². The van der Waals surface area contributed by atoms with E-state index in [4.69, 9.17) is 9.47 Å². The molecular formula is C16H20O4. The highest BCUT2D eigenvalue weighted by molar-refractivity contribution is 5.89. The molecule has 1 heterocycles. The van der Waals surface area contributed by atoms with Crippen molar-refractivity contribution in [1.29, 1.82) is 0 Å². The van der Waals surface area contributed by atoms with Crippen LogP contribution in [0.2, 0.25) is 0 Å².